The van der Waals surface area contributed by atoms with Gasteiger partial charge in [0.15, 0.2) is 0 Å². The van der Waals surface area contributed by atoms with E-state index in [2.05, 4.69) is 24.3 Å². The minimum absolute atomic E-state index is 0.178. The van der Waals surface area contributed by atoms with Crippen LogP contribution in [0.5, 0.6) is 0 Å². The van der Waals surface area contributed by atoms with Crippen LogP contribution in [0.1, 0.15) is 13.3 Å². The number of ether oxygens (including phenoxy) is 1. The van der Waals surface area contributed by atoms with Crippen LogP contribution in [0.2, 0.25) is 0 Å². The van der Waals surface area contributed by atoms with Gasteiger partial charge in [-0.3, -0.25) is 4.79 Å². The highest BCUT2D eigenvalue weighted by atomic mass is 16.5. The molecule has 2 aliphatic carbocycles. The molecule has 2 aliphatic rings. The minimum Gasteiger partial charge on any atom is -0.466 e. The third kappa shape index (κ3) is 1.17. The van der Waals surface area contributed by atoms with Gasteiger partial charge in [-0.25, -0.2) is 0 Å². The zero-order valence-electron chi connectivity index (χ0n) is 7.12. The molecule has 0 amide bonds. The highest BCUT2D eigenvalue weighted by molar-refractivity contribution is 5.66. The molecule has 0 bridgehead atoms. The molecular formula is C10H12O2. The summed E-state index contributed by atoms with van der Waals surface area (Å²) in [6, 6.07) is 0. The van der Waals surface area contributed by atoms with E-state index < -0.39 is 0 Å². The molecule has 0 aliphatic heterocycles. The number of carbonyl (C=O) groups is 1. The molecule has 0 aromatic heterocycles. The van der Waals surface area contributed by atoms with Crippen molar-refractivity contribution >= 4 is 5.97 Å². The Morgan fingerprint density at radius 3 is 2.83 bits per heavy atom. The third-order valence-electron chi connectivity index (χ3n) is 2.61. The molecule has 0 saturated heterocycles. The van der Waals surface area contributed by atoms with Gasteiger partial charge in [-0.1, -0.05) is 24.3 Å². The Labute approximate surface area is 71.9 Å². The van der Waals surface area contributed by atoms with Gasteiger partial charge in [-0.2, -0.15) is 0 Å². The fraction of sp³-hybridized carbons (Fsp3) is 0.500. The first-order valence-corrected chi connectivity index (χ1v) is 4.23. The molecule has 0 radical (unpaired) electrons. The van der Waals surface area contributed by atoms with Gasteiger partial charge in [0.05, 0.1) is 6.61 Å². The van der Waals surface area contributed by atoms with Crippen LogP contribution in [-0.4, -0.2) is 12.6 Å². The fourth-order valence-corrected chi connectivity index (χ4v) is 1.73. The van der Waals surface area contributed by atoms with Gasteiger partial charge in [0, 0.05) is 18.3 Å². The highest BCUT2D eigenvalue weighted by Gasteiger charge is 2.51. The van der Waals surface area contributed by atoms with E-state index >= 15 is 0 Å². The summed E-state index contributed by atoms with van der Waals surface area (Å²) >= 11 is 0. The van der Waals surface area contributed by atoms with E-state index in [0.29, 0.717) is 12.5 Å². The summed E-state index contributed by atoms with van der Waals surface area (Å²) < 4.78 is 4.95. The summed E-state index contributed by atoms with van der Waals surface area (Å²) in [5.74, 6) is 0.347. The lowest BCUT2D eigenvalue weighted by atomic mass is 10.1. The van der Waals surface area contributed by atoms with Gasteiger partial charge >= 0.3 is 5.97 Å². The van der Waals surface area contributed by atoms with Crippen molar-refractivity contribution in [2.75, 3.05) is 6.61 Å². The van der Waals surface area contributed by atoms with Crippen molar-refractivity contribution in [3.05, 3.63) is 24.3 Å². The van der Waals surface area contributed by atoms with Crippen LogP contribution >= 0.6 is 0 Å². The Balaban J connectivity index is 1.84. The van der Waals surface area contributed by atoms with Crippen LogP contribution < -0.4 is 0 Å². The van der Waals surface area contributed by atoms with E-state index in [1.165, 1.54) is 6.92 Å². The van der Waals surface area contributed by atoms with Gasteiger partial charge in [0.25, 0.3) is 0 Å². The number of allylic oxidation sites excluding steroid dienone is 4. The molecule has 1 fully saturated rings. The summed E-state index contributed by atoms with van der Waals surface area (Å²) in [5, 5.41) is 0. The molecule has 2 rings (SSSR count). The highest BCUT2D eigenvalue weighted by Crippen LogP contribution is 2.56. The summed E-state index contributed by atoms with van der Waals surface area (Å²) in [5.41, 5.74) is 0.259. The number of rotatable bonds is 2. The van der Waals surface area contributed by atoms with Crippen LogP contribution in [-0.2, 0) is 9.53 Å². The van der Waals surface area contributed by atoms with Crippen molar-refractivity contribution in [1.29, 1.82) is 0 Å². The molecule has 64 valence electrons. The predicted octanol–water partition coefficient (Wildman–Crippen LogP) is 1.68. The molecule has 1 spiro atoms. The lowest BCUT2D eigenvalue weighted by molar-refractivity contribution is -0.141. The Morgan fingerprint density at radius 2 is 2.25 bits per heavy atom. The van der Waals surface area contributed by atoms with Crippen LogP contribution in [0.25, 0.3) is 0 Å². The molecule has 1 atom stereocenters. The van der Waals surface area contributed by atoms with E-state index in [9.17, 15) is 4.79 Å². The van der Waals surface area contributed by atoms with E-state index in [-0.39, 0.29) is 11.4 Å². The summed E-state index contributed by atoms with van der Waals surface area (Å²) in [7, 11) is 0. The number of hydrogen-bond acceptors (Lipinski definition) is 2. The Morgan fingerprint density at radius 1 is 1.58 bits per heavy atom. The van der Waals surface area contributed by atoms with Crippen molar-refractivity contribution in [2.24, 2.45) is 11.3 Å². The second kappa shape index (κ2) is 2.47. The van der Waals surface area contributed by atoms with Crippen LogP contribution in [0.4, 0.5) is 0 Å². The lowest BCUT2D eigenvalue weighted by Crippen LogP contribution is -2.05. The molecule has 0 unspecified atom stereocenters. The smallest absolute Gasteiger partial charge is 0.302 e. The molecule has 0 aromatic carbocycles. The largest absolute Gasteiger partial charge is 0.466 e. The molecule has 0 N–H and O–H groups in total. The van der Waals surface area contributed by atoms with Crippen LogP contribution in [0, 0.1) is 11.3 Å². The second-order valence-electron chi connectivity index (χ2n) is 3.53. The van der Waals surface area contributed by atoms with Gasteiger partial charge in [-0.15, -0.1) is 0 Å². The zero-order valence-corrected chi connectivity index (χ0v) is 7.12. The maximum Gasteiger partial charge on any atom is 0.302 e. The summed E-state index contributed by atoms with van der Waals surface area (Å²) in [6.45, 7) is 2.03. The average molecular weight is 164 g/mol. The molecule has 12 heavy (non-hydrogen) atoms. The van der Waals surface area contributed by atoms with Crippen molar-refractivity contribution in [3.63, 3.8) is 0 Å². The fourth-order valence-electron chi connectivity index (χ4n) is 1.73. The van der Waals surface area contributed by atoms with Gasteiger partial charge in [0.1, 0.15) is 0 Å². The minimum atomic E-state index is -0.178. The van der Waals surface area contributed by atoms with Crippen LogP contribution in [0.3, 0.4) is 0 Å². The first-order valence-electron chi connectivity index (χ1n) is 4.23. The molecular weight excluding hydrogens is 152 g/mol. The first kappa shape index (κ1) is 7.59. The molecule has 0 aromatic rings. The molecule has 1 saturated carbocycles. The van der Waals surface area contributed by atoms with E-state index in [4.69, 9.17) is 4.74 Å². The molecule has 2 heteroatoms. The number of carbonyl (C=O) groups excluding carboxylic acids is 1. The second-order valence-corrected chi connectivity index (χ2v) is 3.53. The van der Waals surface area contributed by atoms with Crippen molar-refractivity contribution < 1.29 is 9.53 Å². The maximum atomic E-state index is 10.5. The van der Waals surface area contributed by atoms with Crippen molar-refractivity contribution in [1.82, 2.24) is 0 Å². The monoisotopic (exact) mass is 164 g/mol. The molecule has 2 nitrogen and oxygen atoms in total. The maximum absolute atomic E-state index is 10.5. The van der Waals surface area contributed by atoms with E-state index in [0.717, 1.165) is 6.42 Å². The Kier molecular flexibility index (Phi) is 1.56. The normalized spacial score (nSPS) is 27.9. The van der Waals surface area contributed by atoms with Gasteiger partial charge in [0.2, 0.25) is 0 Å². The van der Waals surface area contributed by atoms with Crippen molar-refractivity contribution in [3.8, 4) is 0 Å². The standard InChI is InChI=1S/C10H12O2/c1-8(11)12-7-9-6-10(9)4-2-3-5-10/h2-5,9H,6-7H2,1H3/t9-/m0/s1. The summed E-state index contributed by atoms with van der Waals surface area (Å²) in [4.78, 5) is 10.5. The number of esters is 1. The van der Waals surface area contributed by atoms with Crippen LogP contribution in [0.15, 0.2) is 24.3 Å². The van der Waals surface area contributed by atoms with E-state index in [1.54, 1.807) is 0 Å². The zero-order chi connectivity index (χ0) is 8.60. The Hall–Kier alpha value is -1.05. The third-order valence-corrected chi connectivity index (χ3v) is 2.61. The molecule has 0 heterocycles. The number of hydrogen-bond donors (Lipinski definition) is 0. The SMILES string of the molecule is CC(=O)OC[C@@H]1CC12C=CC=C2. The predicted molar refractivity (Wildman–Crippen MR) is 45.5 cm³/mol. The van der Waals surface area contributed by atoms with E-state index in [1.807, 2.05) is 0 Å². The van der Waals surface area contributed by atoms with Crippen molar-refractivity contribution in [2.45, 2.75) is 13.3 Å². The van der Waals surface area contributed by atoms with Gasteiger partial charge in [-0.05, 0) is 6.42 Å². The summed E-state index contributed by atoms with van der Waals surface area (Å²) in [6.07, 6.45) is 9.65. The quantitative estimate of drug-likeness (QED) is 0.580. The van der Waals surface area contributed by atoms with Gasteiger partial charge < -0.3 is 4.74 Å². The lowest BCUT2D eigenvalue weighted by Gasteiger charge is -2.03. The Bertz CT molecular complexity index is 251. The first-order chi connectivity index (χ1) is 5.73. The average Bonchev–Trinajstić information content (AvgIpc) is 2.42. The topological polar surface area (TPSA) is 26.3 Å².